The Morgan fingerprint density at radius 3 is 1.19 bits per heavy atom. The van der Waals surface area contributed by atoms with E-state index < -0.39 is 0 Å². The first-order valence-electron chi connectivity index (χ1n) is 6.05. The van der Waals surface area contributed by atoms with Crippen LogP contribution in [0, 0.1) is 0 Å². The standard InChI is InChI=1S/C14H18.C2H6/c1-5-11(3)13-7-9-14(10-8-13)12(4)6-2;1-2/h5-10H,1-4H3;1-2H3/b11-5+,12-6+;. The van der Waals surface area contributed by atoms with Crippen molar-refractivity contribution < 1.29 is 0 Å². The highest BCUT2D eigenvalue weighted by Gasteiger charge is 1.96. The van der Waals surface area contributed by atoms with Crippen molar-refractivity contribution in [1.29, 1.82) is 0 Å². The normalized spacial score (nSPS) is 11.9. The van der Waals surface area contributed by atoms with Crippen LogP contribution in [-0.2, 0) is 0 Å². The maximum Gasteiger partial charge on any atom is -0.0230 e. The third-order valence-electron chi connectivity index (χ3n) is 2.66. The molecule has 0 radical (unpaired) electrons. The number of hydrogen-bond donors (Lipinski definition) is 0. The molecule has 88 valence electrons. The highest BCUT2D eigenvalue weighted by Crippen LogP contribution is 2.18. The van der Waals surface area contributed by atoms with Gasteiger partial charge in [-0.1, -0.05) is 50.3 Å². The van der Waals surface area contributed by atoms with E-state index in [4.69, 9.17) is 0 Å². The highest BCUT2D eigenvalue weighted by atomic mass is 14.0. The van der Waals surface area contributed by atoms with Crippen molar-refractivity contribution in [2.75, 3.05) is 0 Å². The molecule has 0 unspecified atom stereocenters. The van der Waals surface area contributed by atoms with Gasteiger partial charge in [-0.25, -0.2) is 0 Å². The lowest BCUT2D eigenvalue weighted by Gasteiger charge is -2.04. The van der Waals surface area contributed by atoms with Crippen molar-refractivity contribution in [2.45, 2.75) is 41.5 Å². The Balaban J connectivity index is 0.00000106. The van der Waals surface area contributed by atoms with Crippen LogP contribution in [-0.4, -0.2) is 0 Å². The zero-order valence-corrected chi connectivity index (χ0v) is 11.5. The molecular formula is C16H24. The van der Waals surface area contributed by atoms with Gasteiger partial charge in [0.15, 0.2) is 0 Å². The van der Waals surface area contributed by atoms with Crippen molar-refractivity contribution in [2.24, 2.45) is 0 Å². The van der Waals surface area contributed by atoms with E-state index in [1.807, 2.05) is 13.8 Å². The van der Waals surface area contributed by atoms with Gasteiger partial charge in [-0.2, -0.15) is 0 Å². The molecule has 0 saturated carbocycles. The van der Waals surface area contributed by atoms with Crippen LogP contribution in [0.4, 0.5) is 0 Å². The van der Waals surface area contributed by atoms with Crippen molar-refractivity contribution in [1.82, 2.24) is 0 Å². The van der Waals surface area contributed by atoms with Gasteiger partial charge < -0.3 is 0 Å². The Kier molecular flexibility index (Phi) is 7.28. The second-order valence-electron chi connectivity index (χ2n) is 3.52. The van der Waals surface area contributed by atoms with Gasteiger partial charge in [0.2, 0.25) is 0 Å². The van der Waals surface area contributed by atoms with E-state index in [-0.39, 0.29) is 0 Å². The molecule has 1 rings (SSSR count). The average Bonchev–Trinajstić information content (AvgIpc) is 2.39. The molecule has 0 nitrogen and oxygen atoms in total. The van der Waals surface area contributed by atoms with Gasteiger partial charge in [-0.3, -0.25) is 0 Å². The summed E-state index contributed by atoms with van der Waals surface area (Å²) in [6, 6.07) is 8.71. The minimum atomic E-state index is 1.31. The van der Waals surface area contributed by atoms with Crippen molar-refractivity contribution >= 4 is 11.1 Å². The third-order valence-corrected chi connectivity index (χ3v) is 2.66. The van der Waals surface area contributed by atoms with E-state index in [0.717, 1.165) is 0 Å². The maximum atomic E-state index is 2.18. The first kappa shape index (κ1) is 14.7. The Bertz CT molecular complexity index is 313. The van der Waals surface area contributed by atoms with E-state index in [9.17, 15) is 0 Å². The Hall–Kier alpha value is -1.30. The van der Waals surface area contributed by atoms with Crippen LogP contribution in [0.5, 0.6) is 0 Å². The lowest BCUT2D eigenvalue weighted by molar-refractivity contribution is 1.49. The topological polar surface area (TPSA) is 0 Å². The summed E-state index contributed by atoms with van der Waals surface area (Å²) < 4.78 is 0. The number of rotatable bonds is 2. The van der Waals surface area contributed by atoms with Gasteiger partial charge in [0.1, 0.15) is 0 Å². The second-order valence-corrected chi connectivity index (χ2v) is 3.52. The molecule has 0 atom stereocenters. The van der Waals surface area contributed by atoms with E-state index in [2.05, 4.69) is 64.1 Å². The van der Waals surface area contributed by atoms with Gasteiger partial charge >= 0.3 is 0 Å². The van der Waals surface area contributed by atoms with Crippen LogP contribution in [0.25, 0.3) is 11.1 Å². The zero-order chi connectivity index (χ0) is 12.6. The summed E-state index contributed by atoms with van der Waals surface area (Å²) >= 11 is 0. The summed E-state index contributed by atoms with van der Waals surface area (Å²) in [5.74, 6) is 0. The van der Waals surface area contributed by atoms with Crippen LogP contribution in [0.15, 0.2) is 36.4 Å². The molecular weight excluding hydrogens is 192 g/mol. The molecule has 0 aliphatic heterocycles. The van der Waals surface area contributed by atoms with E-state index >= 15 is 0 Å². The quantitative estimate of drug-likeness (QED) is 0.607. The van der Waals surface area contributed by atoms with Gasteiger partial charge in [0, 0.05) is 0 Å². The molecule has 0 fully saturated rings. The summed E-state index contributed by atoms with van der Waals surface area (Å²) in [6.07, 6.45) is 4.27. The van der Waals surface area contributed by atoms with Crippen molar-refractivity contribution in [3.05, 3.63) is 47.5 Å². The van der Waals surface area contributed by atoms with Crippen LogP contribution in [0.1, 0.15) is 52.7 Å². The average molecular weight is 216 g/mol. The van der Waals surface area contributed by atoms with Gasteiger partial charge in [0.05, 0.1) is 0 Å². The number of allylic oxidation sites excluding steroid dienone is 4. The minimum absolute atomic E-state index is 1.31. The second kappa shape index (κ2) is 7.92. The lowest BCUT2D eigenvalue weighted by Crippen LogP contribution is -1.82. The van der Waals surface area contributed by atoms with E-state index in [0.29, 0.717) is 0 Å². The predicted molar refractivity (Wildman–Crippen MR) is 76.4 cm³/mol. The molecule has 0 heterocycles. The molecule has 0 spiro atoms. The van der Waals surface area contributed by atoms with Crippen molar-refractivity contribution in [3.8, 4) is 0 Å². The molecule has 1 aromatic rings. The SMILES string of the molecule is C/C=C(\C)c1ccc(/C(C)=C/C)cc1.CC. The summed E-state index contributed by atoms with van der Waals surface area (Å²) in [5, 5.41) is 0. The molecule has 0 N–H and O–H groups in total. The molecule has 0 amide bonds. The van der Waals surface area contributed by atoms with Gasteiger partial charge in [0.25, 0.3) is 0 Å². The van der Waals surface area contributed by atoms with Crippen LogP contribution < -0.4 is 0 Å². The number of benzene rings is 1. The molecule has 0 aliphatic rings. The van der Waals surface area contributed by atoms with E-state index in [1.165, 1.54) is 22.3 Å². The first-order chi connectivity index (χ1) is 7.69. The molecule has 16 heavy (non-hydrogen) atoms. The summed E-state index contributed by atoms with van der Waals surface area (Å²) in [7, 11) is 0. The van der Waals surface area contributed by atoms with Gasteiger partial charge in [-0.15, -0.1) is 0 Å². The third kappa shape index (κ3) is 4.06. The zero-order valence-electron chi connectivity index (χ0n) is 11.5. The summed E-state index contributed by atoms with van der Waals surface area (Å²) in [5.41, 5.74) is 5.27. The van der Waals surface area contributed by atoms with Crippen LogP contribution in [0.3, 0.4) is 0 Å². The fourth-order valence-corrected chi connectivity index (χ4v) is 1.33. The largest absolute Gasteiger partial charge is 0.0841 e. The molecule has 0 aromatic heterocycles. The first-order valence-corrected chi connectivity index (χ1v) is 6.05. The highest BCUT2D eigenvalue weighted by molar-refractivity contribution is 5.68. The monoisotopic (exact) mass is 216 g/mol. The fraction of sp³-hybridized carbons (Fsp3) is 0.375. The van der Waals surface area contributed by atoms with Crippen LogP contribution in [0.2, 0.25) is 0 Å². The molecule has 0 aliphatic carbocycles. The lowest BCUT2D eigenvalue weighted by atomic mass is 10.0. The fourth-order valence-electron chi connectivity index (χ4n) is 1.33. The summed E-state index contributed by atoms with van der Waals surface area (Å²) in [6.45, 7) is 12.4. The molecule has 1 aromatic carbocycles. The minimum Gasteiger partial charge on any atom is -0.0841 e. The molecule has 0 saturated heterocycles. The van der Waals surface area contributed by atoms with Crippen LogP contribution >= 0.6 is 0 Å². The Morgan fingerprint density at radius 1 is 0.750 bits per heavy atom. The van der Waals surface area contributed by atoms with Gasteiger partial charge in [-0.05, 0) is 50.0 Å². The number of hydrogen-bond acceptors (Lipinski definition) is 0. The Morgan fingerprint density at radius 2 is 1.00 bits per heavy atom. The van der Waals surface area contributed by atoms with E-state index in [1.54, 1.807) is 0 Å². The molecule has 0 heteroatoms. The molecule has 0 bridgehead atoms. The maximum absolute atomic E-state index is 2.18. The smallest absolute Gasteiger partial charge is 0.0230 e. The predicted octanol–water partition coefficient (Wildman–Crippen LogP) is 5.56. The van der Waals surface area contributed by atoms with Crippen molar-refractivity contribution in [3.63, 3.8) is 0 Å². The summed E-state index contributed by atoms with van der Waals surface area (Å²) in [4.78, 5) is 0. The Labute approximate surface area is 101 Å².